The van der Waals surface area contributed by atoms with Gasteiger partial charge in [-0.25, -0.2) is 15.0 Å². The predicted octanol–water partition coefficient (Wildman–Crippen LogP) is 4.24. The van der Waals surface area contributed by atoms with E-state index < -0.39 is 0 Å². The van der Waals surface area contributed by atoms with E-state index in [2.05, 4.69) is 47.2 Å². The predicted molar refractivity (Wildman–Crippen MR) is 124 cm³/mol. The molecule has 31 heavy (non-hydrogen) atoms. The van der Waals surface area contributed by atoms with Gasteiger partial charge in [0.15, 0.2) is 5.65 Å². The molecule has 1 atom stereocenters. The summed E-state index contributed by atoms with van der Waals surface area (Å²) in [5, 5.41) is 3.18. The highest BCUT2D eigenvalue weighted by atomic mass is 16.1. The van der Waals surface area contributed by atoms with Crippen LogP contribution < -0.4 is 10.2 Å². The number of aromatic nitrogens is 3. The van der Waals surface area contributed by atoms with Crippen molar-refractivity contribution in [3.8, 4) is 0 Å². The Morgan fingerprint density at radius 1 is 1.10 bits per heavy atom. The van der Waals surface area contributed by atoms with Gasteiger partial charge in [-0.15, -0.1) is 0 Å². The second-order valence-electron chi connectivity index (χ2n) is 8.26. The number of fused-ring (bicyclic) bond motifs is 1. The number of anilines is 1. The average molecular weight is 418 g/mol. The largest absolute Gasteiger partial charge is 0.370 e. The van der Waals surface area contributed by atoms with Crippen molar-refractivity contribution in [2.45, 2.75) is 52.5 Å². The van der Waals surface area contributed by atoms with E-state index in [0.29, 0.717) is 5.65 Å². The van der Waals surface area contributed by atoms with E-state index in [1.54, 1.807) is 0 Å². The molecule has 2 aromatic heterocycles. The molecule has 1 aliphatic heterocycles. The molecule has 0 saturated carbocycles. The number of piperidine rings is 1. The molecule has 4 rings (SSSR count). The first-order valence-electron chi connectivity index (χ1n) is 11.3. The summed E-state index contributed by atoms with van der Waals surface area (Å²) in [4.78, 5) is 29.1. The van der Waals surface area contributed by atoms with E-state index in [-0.39, 0.29) is 17.9 Å². The maximum atomic E-state index is 12.8. The van der Waals surface area contributed by atoms with Gasteiger partial charge in [0.2, 0.25) is 5.91 Å². The molecule has 6 heteroatoms. The molecule has 0 spiro atoms. The van der Waals surface area contributed by atoms with Crippen molar-refractivity contribution in [1.82, 2.24) is 20.3 Å². The van der Waals surface area contributed by atoms with Crippen LogP contribution in [0.25, 0.3) is 11.2 Å². The van der Waals surface area contributed by atoms with E-state index in [9.17, 15) is 4.79 Å². The summed E-state index contributed by atoms with van der Waals surface area (Å²) in [7, 11) is 0. The minimum absolute atomic E-state index is 0.0239. The van der Waals surface area contributed by atoms with Crippen LogP contribution in [0, 0.1) is 5.92 Å². The lowest BCUT2D eigenvalue weighted by Crippen LogP contribution is -2.41. The summed E-state index contributed by atoms with van der Waals surface area (Å²) in [5.41, 5.74) is 5.84. The SMILES string of the molecule is CCc1nc2cc(N3CCC(C(=O)NC(C)c4ccccc4)CC3)cnc2nc1CC. The topological polar surface area (TPSA) is 71.0 Å². The highest BCUT2D eigenvalue weighted by molar-refractivity contribution is 5.79. The minimum Gasteiger partial charge on any atom is -0.370 e. The third-order valence-corrected chi connectivity index (χ3v) is 6.22. The normalized spacial score (nSPS) is 15.8. The van der Waals surface area contributed by atoms with Gasteiger partial charge in [-0.3, -0.25) is 4.79 Å². The van der Waals surface area contributed by atoms with Crippen LogP contribution in [0.3, 0.4) is 0 Å². The molecule has 3 aromatic rings. The highest BCUT2D eigenvalue weighted by Crippen LogP contribution is 2.26. The van der Waals surface area contributed by atoms with Crippen molar-refractivity contribution in [3.05, 3.63) is 59.5 Å². The molecule has 3 heterocycles. The molecule has 1 amide bonds. The van der Waals surface area contributed by atoms with Crippen LogP contribution in [-0.2, 0) is 17.6 Å². The average Bonchev–Trinajstić information content (AvgIpc) is 2.83. The molecule has 1 fully saturated rings. The molecule has 0 bridgehead atoms. The van der Waals surface area contributed by atoms with Crippen molar-refractivity contribution < 1.29 is 4.79 Å². The Kier molecular flexibility index (Phi) is 6.44. The molecule has 0 aliphatic carbocycles. The van der Waals surface area contributed by atoms with E-state index in [4.69, 9.17) is 9.97 Å². The van der Waals surface area contributed by atoms with Gasteiger partial charge in [0, 0.05) is 19.0 Å². The lowest BCUT2D eigenvalue weighted by Gasteiger charge is -2.33. The number of aryl methyl sites for hydroxylation is 2. The third-order valence-electron chi connectivity index (χ3n) is 6.22. The molecular weight excluding hydrogens is 386 g/mol. The number of carbonyl (C=O) groups excluding carboxylic acids is 1. The van der Waals surface area contributed by atoms with E-state index >= 15 is 0 Å². The van der Waals surface area contributed by atoms with Gasteiger partial charge < -0.3 is 10.2 Å². The number of hydrogen-bond acceptors (Lipinski definition) is 5. The van der Waals surface area contributed by atoms with Crippen LogP contribution in [-0.4, -0.2) is 33.9 Å². The van der Waals surface area contributed by atoms with Crippen LogP contribution in [0.2, 0.25) is 0 Å². The second kappa shape index (κ2) is 9.41. The van der Waals surface area contributed by atoms with Gasteiger partial charge in [0.1, 0.15) is 5.52 Å². The Bertz CT molecular complexity index is 1040. The van der Waals surface area contributed by atoms with E-state index in [1.807, 2.05) is 31.3 Å². The number of hydrogen-bond donors (Lipinski definition) is 1. The Labute approximate surface area is 184 Å². The van der Waals surface area contributed by atoms with E-state index in [1.165, 1.54) is 0 Å². The number of nitrogens with zero attached hydrogens (tertiary/aromatic N) is 4. The first-order chi connectivity index (χ1) is 15.1. The molecule has 162 valence electrons. The zero-order valence-corrected chi connectivity index (χ0v) is 18.6. The Balaban J connectivity index is 1.40. The Hall–Kier alpha value is -3.02. The van der Waals surface area contributed by atoms with Gasteiger partial charge >= 0.3 is 0 Å². The summed E-state index contributed by atoms with van der Waals surface area (Å²) >= 11 is 0. The van der Waals surface area contributed by atoms with Gasteiger partial charge in [0.05, 0.1) is 29.3 Å². The fourth-order valence-electron chi connectivity index (χ4n) is 4.30. The van der Waals surface area contributed by atoms with Crippen molar-refractivity contribution in [1.29, 1.82) is 0 Å². The summed E-state index contributed by atoms with van der Waals surface area (Å²) in [6.07, 6.45) is 5.31. The van der Waals surface area contributed by atoms with Crippen molar-refractivity contribution in [3.63, 3.8) is 0 Å². The van der Waals surface area contributed by atoms with Gasteiger partial charge in [-0.2, -0.15) is 0 Å². The Morgan fingerprint density at radius 2 is 1.77 bits per heavy atom. The molecule has 1 aliphatic rings. The van der Waals surface area contributed by atoms with Crippen LogP contribution in [0.1, 0.15) is 56.6 Å². The van der Waals surface area contributed by atoms with Crippen LogP contribution >= 0.6 is 0 Å². The molecule has 1 aromatic carbocycles. The molecule has 6 nitrogen and oxygen atoms in total. The Morgan fingerprint density at radius 3 is 2.45 bits per heavy atom. The van der Waals surface area contributed by atoms with Crippen molar-refractivity contribution in [2.24, 2.45) is 5.92 Å². The molecule has 1 unspecified atom stereocenters. The zero-order valence-electron chi connectivity index (χ0n) is 18.6. The minimum atomic E-state index is 0.0239. The lowest BCUT2D eigenvalue weighted by atomic mass is 9.95. The molecule has 0 radical (unpaired) electrons. The fraction of sp³-hybridized carbons (Fsp3) is 0.440. The van der Waals surface area contributed by atoms with Gasteiger partial charge in [-0.05, 0) is 44.2 Å². The quantitative estimate of drug-likeness (QED) is 0.649. The van der Waals surface area contributed by atoms with Crippen LogP contribution in [0.5, 0.6) is 0 Å². The standard InChI is InChI=1S/C25H31N5O/c1-4-21-22(5-2)29-24-23(28-21)15-20(16-26-24)30-13-11-19(12-14-30)25(31)27-17(3)18-9-7-6-8-10-18/h6-10,15-17,19H,4-5,11-14H2,1-3H3,(H,27,31). The number of nitrogens with one attached hydrogen (secondary N) is 1. The zero-order chi connectivity index (χ0) is 21.8. The van der Waals surface area contributed by atoms with Gasteiger partial charge in [-0.1, -0.05) is 44.2 Å². The summed E-state index contributed by atoms with van der Waals surface area (Å²) in [5.74, 6) is 0.201. The first kappa shape index (κ1) is 21.2. The third kappa shape index (κ3) is 4.68. The maximum Gasteiger partial charge on any atom is 0.223 e. The summed E-state index contributed by atoms with van der Waals surface area (Å²) < 4.78 is 0. The fourth-order valence-corrected chi connectivity index (χ4v) is 4.30. The second-order valence-corrected chi connectivity index (χ2v) is 8.26. The number of carbonyl (C=O) groups is 1. The van der Waals surface area contributed by atoms with Crippen molar-refractivity contribution >= 4 is 22.8 Å². The van der Waals surface area contributed by atoms with Crippen LogP contribution in [0.4, 0.5) is 5.69 Å². The first-order valence-corrected chi connectivity index (χ1v) is 11.3. The lowest BCUT2D eigenvalue weighted by molar-refractivity contribution is -0.126. The summed E-state index contributed by atoms with van der Waals surface area (Å²) in [6.45, 7) is 7.93. The maximum absolute atomic E-state index is 12.8. The van der Waals surface area contributed by atoms with E-state index in [0.717, 1.165) is 66.9 Å². The van der Waals surface area contributed by atoms with Gasteiger partial charge in [0.25, 0.3) is 0 Å². The molecule has 1 N–H and O–H groups in total. The monoisotopic (exact) mass is 417 g/mol. The smallest absolute Gasteiger partial charge is 0.223 e. The summed E-state index contributed by atoms with van der Waals surface area (Å²) in [6, 6.07) is 12.2. The highest BCUT2D eigenvalue weighted by Gasteiger charge is 2.26. The van der Waals surface area contributed by atoms with Crippen LogP contribution in [0.15, 0.2) is 42.6 Å². The number of amides is 1. The number of pyridine rings is 1. The number of benzene rings is 1. The van der Waals surface area contributed by atoms with Crippen molar-refractivity contribution in [2.75, 3.05) is 18.0 Å². The number of rotatable bonds is 6. The molecule has 1 saturated heterocycles. The molecular formula is C25H31N5O.